The van der Waals surface area contributed by atoms with Gasteiger partial charge in [-0.25, -0.2) is 16.8 Å². The molecule has 116 valence electrons. The molecule has 0 fully saturated rings. The van der Waals surface area contributed by atoms with Gasteiger partial charge in [0.05, 0.1) is 6.67 Å². The summed E-state index contributed by atoms with van der Waals surface area (Å²) in [7, 11) is -7.27. The van der Waals surface area contributed by atoms with Gasteiger partial charge >= 0.3 is 0 Å². The molecular weight excluding hydrogens is 320 g/mol. The molecule has 0 aromatic rings. The Kier molecular flexibility index (Phi) is 7.31. The van der Waals surface area contributed by atoms with E-state index in [1.54, 1.807) is 0 Å². The van der Waals surface area contributed by atoms with Crippen molar-refractivity contribution in [1.29, 1.82) is 0 Å². The molecule has 0 radical (unpaired) electrons. The Balaban J connectivity index is 4.28. The van der Waals surface area contributed by atoms with Crippen molar-refractivity contribution in [2.45, 2.75) is 0 Å². The zero-order valence-electron chi connectivity index (χ0n) is 10.9. The first kappa shape index (κ1) is 18.8. The molecule has 2 N–H and O–H groups in total. The highest BCUT2D eigenvalue weighted by Gasteiger charge is 2.02. The Morgan fingerprint density at radius 2 is 1.14 bits per heavy atom. The minimum Gasteiger partial charge on any atom is -0.335 e. The zero-order chi connectivity index (χ0) is 16.5. The van der Waals surface area contributed by atoms with Crippen molar-refractivity contribution < 1.29 is 26.4 Å². The number of nitrogens with one attached hydrogen (secondary N) is 2. The molecule has 0 aliphatic carbocycles. The molecule has 0 saturated heterocycles. The minimum atomic E-state index is -3.64. The monoisotopic (exact) mass is 334 g/mol. The van der Waals surface area contributed by atoms with Crippen molar-refractivity contribution >= 4 is 31.5 Å². The Labute approximate surface area is 122 Å². The Morgan fingerprint density at radius 3 is 1.43 bits per heavy atom. The van der Waals surface area contributed by atoms with Crippen LogP contribution in [0.15, 0.2) is 46.9 Å². The van der Waals surface area contributed by atoms with Crippen molar-refractivity contribution in [2.24, 2.45) is 0 Å². The van der Waals surface area contributed by atoms with E-state index in [-0.39, 0.29) is 6.67 Å². The topological polar surface area (TPSA) is 126 Å². The summed E-state index contributed by atoms with van der Waals surface area (Å²) in [5.74, 6) is -1.52. The summed E-state index contributed by atoms with van der Waals surface area (Å²) in [6.45, 7) is 5.79. The summed E-state index contributed by atoms with van der Waals surface area (Å²) < 4.78 is 43.9. The summed E-state index contributed by atoms with van der Waals surface area (Å²) in [6.07, 6.45) is 1.50. The minimum absolute atomic E-state index is 0.311. The molecule has 0 unspecified atom stereocenters. The van der Waals surface area contributed by atoms with Gasteiger partial charge in [-0.1, -0.05) is 13.2 Å². The molecule has 10 heteroatoms. The largest absolute Gasteiger partial charge is 0.335 e. The Hall–Kier alpha value is -2.20. The maximum absolute atomic E-state index is 11.2. The lowest BCUT2D eigenvalue weighted by molar-refractivity contribution is -0.118. The number of carbonyl (C=O) groups is 2. The second-order valence-corrected chi connectivity index (χ2v) is 6.94. The van der Waals surface area contributed by atoms with Crippen molar-refractivity contribution in [3.05, 3.63) is 46.9 Å². The number of hydrogen-bond donors (Lipinski definition) is 2. The maximum Gasteiger partial charge on any atom is 0.246 e. The summed E-state index contributed by atoms with van der Waals surface area (Å²) in [5, 5.41) is 6.96. The second kappa shape index (κ2) is 8.17. The summed E-state index contributed by atoms with van der Waals surface area (Å²) in [6, 6.07) is 0. The van der Waals surface area contributed by atoms with Crippen LogP contribution in [0.3, 0.4) is 0 Å². The molecule has 0 rings (SSSR count). The predicted molar refractivity (Wildman–Crippen MR) is 77.7 cm³/mol. The molecule has 0 atom stereocenters. The van der Waals surface area contributed by atoms with Crippen LogP contribution in [-0.2, 0) is 29.3 Å². The van der Waals surface area contributed by atoms with Crippen LogP contribution in [0, 0.1) is 0 Å². The van der Waals surface area contributed by atoms with E-state index >= 15 is 0 Å². The van der Waals surface area contributed by atoms with Gasteiger partial charge in [0.2, 0.25) is 11.8 Å². The van der Waals surface area contributed by atoms with Gasteiger partial charge in [-0.3, -0.25) is 9.59 Å². The van der Waals surface area contributed by atoms with Crippen LogP contribution in [0.2, 0.25) is 0 Å². The number of rotatable bonds is 8. The van der Waals surface area contributed by atoms with Gasteiger partial charge in [-0.2, -0.15) is 0 Å². The lowest BCUT2D eigenvalue weighted by Crippen LogP contribution is -2.35. The SMILES string of the molecule is C=CS(=O)(=O)C=CC(=O)NCNC(=O)C=CS(=O)(=O)C=C. The number of carbonyl (C=O) groups excluding carboxylic acids is 2. The molecular formula is C11H14N2O6S2. The first-order valence-corrected chi connectivity index (χ1v) is 8.50. The molecule has 0 heterocycles. The molecule has 0 aromatic carbocycles. The first-order chi connectivity index (χ1) is 9.62. The second-order valence-electron chi connectivity index (χ2n) is 3.38. The van der Waals surface area contributed by atoms with Gasteiger partial charge in [0.15, 0.2) is 19.7 Å². The zero-order valence-corrected chi connectivity index (χ0v) is 12.5. The third-order valence-corrected chi connectivity index (χ3v) is 3.77. The summed E-state index contributed by atoms with van der Waals surface area (Å²) in [5.41, 5.74) is 0. The smallest absolute Gasteiger partial charge is 0.246 e. The first-order valence-electron chi connectivity index (χ1n) is 5.29. The molecule has 0 bridgehead atoms. The average Bonchev–Trinajstić information content (AvgIpc) is 2.43. The van der Waals surface area contributed by atoms with Gasteiger partial charge in [0, 0.05) is 33.8 Å². The quantitative estimate of drug-likeness (QED) is 0.447. The van der Waals surface area contributed by atoms with Gasteiger partial charge in [0.25, 0.3) is 0 Å². The van der Waals surface area contributed by atoms with Crippen molar-refractivity contribution in [3.63, 3.8) is 0 Å². The van der Waals surface area contributed by atoms with E-state index < -0.39 is 31.5 Å². The van der Waals surface area contributed by atoms with Crippen LogP contribution < -0.4 is 10.6 Å². The van der Waals surface area contributed by atoms with Gasteiger partial charge in [-0.15, -0.1) is 0 Å². The van der Waals surface area contributed by atoms with Crippen LogP contribution in [0.5, 0.6) is 0 Å². The normalized spacial score (nSPS) is 12.2. The number of sulfone groups is 2. The van der Waals surface area contributed by atoms with Gasteiger partial charge < -0.3 is 10.6 Å². The highest BCUT2D eigenvalue weighted by molar-refractivity contribution is 7.97. The van der Waals surface area contributed by atoms with Gasteiger partial charge in [-0.05, 0) is 0 Å². The average molecular weight is 334 g/mol. The fraction of sp³-hybridized carbons (Fsp3) is 0.0909. The van der Waals surface area contributed by atoms with E-state index in [1.807, 2.05) is 0 Å². The molecule has 2 amide bonds. The molecule has 0 spiro atoms. The molecule has 0 aliphatic heterocycles. The van der Waals surface area contributed by atoms with Crippen LogP contribution in [-0.4, -0.2) is 35.3 Å². The third-order valence-electron chi connectivity index (χ3n) is 1.81. The number of amides is 2. The van der Waals surface area contributed by atoms with Crippen molar-refractivity contribution in [3.8, 4) is 0 Å². The molecule has 0 aliphatic rings. The van der Waals surface area contributed by atoms with Crippen molar-refractivity contribution in [1.82, 2.24) is 10.6 Å². The maximum atomic E-state index is 11.2. The van der Waals surface area contributed by atoms with Crippen LogP contribution >= 0.6 is 0 Å². The van der Waals surface area contributed by atoms with E-state index in [2.05, 4.69) is 23.8 Å². The van der Waals surface area contributed by atoms with E-state index in [1.165, 1.54) is 0 Å². The van der Waals surface area contributed by atoms with Crippen LogP contribution in [0.4, 0.5) is 0 Å². The number of hydrogen-bond acceptors (Lipinski definition) is 6. The Morgan fingerprint density at radius 1 is 0.810 bits per heavy atom. The highest BCUT2D eigenvalue weighted by atomic mass is 32.2. The van der Waals surface area contributed by atoms with Gasteiger partial charge in [0.1, 0.15) is 0 Å². The molecule has 0 aromatic heterocycles. The molecule has 21 heavy (non-hydrogen) atoms. The lowest BCUT2D eigenvalue weighted by atomic mass is 10.5. The standard InChI is InChI=1S/C11H14N2O6S2/c1-3-20(16,17)7-5-10(14)12-9-13-11(15)6-8-21(18,19)4-2/h3-8H,1-2,9H2,(H,12,14)(H,13,15). The lowest BCUT2D eigenvalue weighted by Gasteiger charge is -2.02. The third kappa shape index (κ3) is 9.35. The summed E-state index contributed by atoms with van der Waals surface area (Å²) in [4.78, 5) is 22.4. The Bertz CT molecular complexity index is 626. The predicted octanol–water partition coefficient (Wildman–Crippen LogP) is -0.680. The molecule has 0 saturated carbocycles. The van der Waals surface area contributed by atoms with Crippen LogP contribution in [0.1, 0.15) is 0 Å². The highest BCUT2D eigenvalue weighted by Crippen LogP contribution is 1.92. The fourth-order valence-electron chi connectivity index (χ4n) is 0.761. The van der Waals surface area contributed by atoms with E-state index in [0.717, 1.165) is 12.2 Å². The van der Waals surface area contributed by atoms with E-state index in [9.17, 15) is 26.4 Å². The van der Waals surface area contributed by atoms with Crippen molar-refractivity contribution in [2.75, 3.05) is 6.67 Å². The van der Waals surface area contributed by atoms with E-state index in [0.29, 0.717) is 21.6 Å². The fourth-order valence-corrected chi connectivity index (χ4v) is 1.61. The summed E-state index contributed by atoms with van der Waals surface area (Å²) >= 11 is 0. The van der Waals surface area contributed by atoms with Crippen LogP contribution in [0.25, 0.3) is 0 Å². The molecule has 8 nitrogen and oxygen atoms in total. The van der Waals surface area contributed by atoms with E-state index in [4.69, 9.17) is 0 Å².